The summed E-state index contributed by atoms with van der Waals surface area (Å²) >= 11 is 0. The molecule has 3 N–H and O–H groups in total. The number of halogens is 1. The third kappa shape index (κ3) is 7.77. The summed E-state index contributed by atoms with van der Waals surface area (Å²) in [5, 5.41) is 7.98. The summed E-state index contributed by atoms with van der Waals surface area (Å²) in [5.41, 5.74) is 2.31. The summed E-state index contributed by atoms with van der Waals surface area (Å²) in [6.45, 7) is 5.72. The van der Waals surface area contributed by atoms with Crippen LogP contribution in [0.15, 0.2) is 52.2 Å². The maximum absolute atomic E-state index is 5.53. The number of furan rings is 1. The first-order valence-corrected chi connectivity index (χ1v) is 10.6. The lowest BCUT2D eigenvalue weighted by Crippen LogP contribution is -2.39. The minimum Gasteiger partial charge on any atom is -0.496 e. The van der Waals surface area contributed by atoms with Crippen molar-refractivity contribution in [1.82, 2.24) is 15.6 Å². The monoisotopic (exact) mass is 540 g/mol. The summed E-state index contributed by atoms with van der Waals surface area (Å²) in [7, 11) is 1.71. The normalized spacial score (nSPS) is 11.4. The highest BCUT2D eigenvalue weighted by Gasteiger charge is 2.09. The molecule has 0 bridgehead atoms. The van der Waals surface area contributed by atoms with Gasteiger partial charge in [-0.2, -0.15) is 0 Å². The van der Waals surface area contributed by atoms with E-state index in [1.807, 2.05) is 31.2 Å². The Bertz CT molecular complexity index is 909. The number of nitrogens with one attached hydrogen (secondary N) is 3. The van der Waals surface area contributed by atoms with Gasteiger partial charge < -0.3 is 29.5 Å². The number of fused-ring (bicyclic) bond motifs is 1. The van der Waals surface area contributed by atoms with E-state index in [1.165, 1.54) is 5.56 Å². The van der Waals surface area contributed by atoms with Crippen molar-refractivity contribution < 1.29 is 13.9 Å². The van der Waals surface area contributed by atoms with E-state index in [2.05, 4.69) is 32.9 Å². The van der Waals surface area contributed by atoms with E-state index >= 15 is 0 Å². The number of methoxy groups -OCH3 is 1. The van der Waals surface area contributed by atoms with Gasteiger partial charge in [0.05, 0.1) is 13.4 Å². The van der Waals surface area contributed by atoms with Crippen molar-refractivity contribution >= 4 is 40.8 Å². The highest BCUT2D eigenvalue weighted by atomic mass is 127. The summed E-state index contributed by atoms with van der Waals surface area (Å²) in [6, 6.07) is 9.95. The first kappa shape index (κ1) is 25.1. The second-order valence-electron chi connectivity index (χ2n) is 6.91. The molecule has 2 heterocycles. The van der Waals surface area contributed by atoms with Crippen LogP contribution in [0, 0.1) is 0 Å². The van der Waals surface area contributed by atoms with Gasteiger partial charge in [-0.25, -0.2) is 0 Å². The number of aromatic amines is 1. The van der Waals surface area contributed by atoms with Gasteiger partial charge in [-0.1, -0.05) is 6.07 Å². The van der Waals surface area contributed by atoms with Gasteiger partial charge in [0.1, 0.15) is 11.5 Å². The van der Waals surface area contributed by atoms with E-state index in [0.29, 0.717) is 0 Å². The lowest BCUT2D eigenvalue weighted by molar-refractivity contribution is 0.146. The Hall–Kier alpha value is -2.20. The largest absolute Gasteiger partial charge is 0.496 e. The van der Waals surface area contributed by atoms with E-state index in [9.17, 15) is 0 Å². The first-order valence-electron chi connectivity index (χ1n) is 10.6. The van der Waals surface area contributed by atoms with Crippen LogP contribution in [0.1, 0.15) is 24.7 Å². The van der Waals surface area contributed by atoms with E-state index in [1.54, 1.807) is 13.4 Å². The van der Waals surface area contributed by atoms with E-state index in [4.69, 9.17) is 13.9 Å². The van der Waals surface area contributed by atoms with Crippen LogP contribution in [0.25, 0.3) is 10.9 Å². The highest BCUT2D eigenvalue weighted by Crippen LogP contribution is 2.28. The Balaban J connectivity index is 0.00000341. The molecule has 0 unspecified atom stereocenters. The Morgan fingerprint density at radius 1 is 1.13 bits per heavy atom. The number of aliphatic imine (C=N–C) groups is 1. The zero-order valence-electron chi connectivity index (χ0n) is 18.3. The highest BCUT2D eigenvalue weighted by molar-refractivity contribution is 14.0. The van der Waals surface area contributed by atoms with Crippen LogP contribution in [-0.2, 0) is 17.6 Å². The van der Waals surface area contributed by atoms with Crippen LogP contribution in [0.5, 0.6) is 5.75 Å². The van der Waals surface area contributed by atoms with E-state index in [-0.39, 0.29) is 24.0 Å². The smallest absolute Gasteiger partial charge is 0.191 e. The van der Waals surface area contributed by atoms with Crippen LogP contribution >= 0.6 is 24.0 Å². The van der Waals surface area contributed by atoms with Gasteiger partial charge in [-0.05, 0) is 49.6 Å². The topological polar surface area (TPSA) is 83.8 Å². The lowest BCUT2D eigenvalue weighted by atomic mass is 10.1. The second-order valence-corrected chi connectivity index (χ2v) is 6.91. The minimum atomic E-state index is 0. The molecule has 0 aliphatic carbocycles. The predicted molar refractivity (Wildman–Crippen MR) is 136 cm³/mol. The number of aromatic nitrogens is 1. The minimum absolute atomic E-state index is 0. The maximum atomic E-state index is 5.53. The third-order valence-electron chi connectivity index (χ3n) is 4.82. The Morgan fingerprint density at radius 3 is 2.71 bits per heavy atom. The molecule has 0 fully saturated rings. The summed E-state index contributed by atoms with van der Waals surface area (Å²) in [5.74, 6) is 2.67. The molecule has 31 heavy (non-hydrogen) atoms. The standard InChI is InChI=1S/C23H32N4O3.HI/c1-3-29-15-6-12-24-23(26-14-11-19-7-5-16-30-19)25-13-10-18-17-27-20-8-4-9-21(28-2)22(18)20;/h4-5,7-9,16-17,27H,3,6,10-15H2,1-2H3,(H2,24,25,26);1H. The third-order valence-corrected chi connectivity index (χ3v) is 4.82. The molecule has 3 rings (SSSR count). The molecule has 7 nitrogen and oxygen atoms in total. The molecule has 2 aromatic heterocycles. The lowest BCUT2D eigenvalue weighted by Gasteiger charge is -2.12. The molecule has 0 amide bonds. The molecule has 1 aromatic carbocycles. The molecule has 3 aromatic rings. The van der Waals surface area contributed by atoms with Gasteiger partial charge in [0.2, 0.25) is 0 Å². The molecule has 0 aliphatic rings. The number of ether oxygens (including phenoxy) is 2. The van der Waals surface area contributed by atoms with E-state index in [0.717, 1.165) is 80.5 Å². The first-order chi connectivity index (χ1) is 14.8. The van der Waals surface area contributed by atoms with Crippen molar-refractivity contribution in [2.75, 3.05) is 40.0 Å². The van der Waals surface area contributed by atoms with Crippen LogP contribution in [-0.4, -0.2) is 50.9 Å². The molecule has 0 spiro atoms. The molecule has 170 valence electrons. The number of hydrogen-bond donors (Lipinski definition) is 3. The molecule has 0 radical (unpaired) electrons. The van der Waals surface area contributed by atoms with Gasteiger partial charge in [0.25, 0.3) is 0 Å². The average Bonchev–Trinajstić information content (AvgIpc) is 3.43. The number of rotatable bonds is 12. The number of nitrogens with zero attached hydrogens (tertiary/aromatic N) is 1. The Labute approximate surface area is 201 Å². The van der Waals surface area contributed by atoms with Gasteiger partial charge in [0, 0.05) is 56.4 Å². The number of benzene rings is 1. The van der Waals surface area contributed by atoms with Crippen LogP contribution < -0.4 is 15.4 Å². The summed E-state index contributed by atoms with van der Waals surface area (Å²) in [4.78, 5) is 8.01. The fourth-order valence-electron chi connectivity index (χ4n) is 3.34. The van der Waals surface area contributed by atoms with Gasteiger partial charge >= 0.3 is 0 Å². The van der Waals surface area contributed by atoms with Crippen molar-refractivity contribution in [2.24, 2.45) is 4.99 Å². The van der Waals surface area contributed by atoms with Crippen molar-refractivity contribution in [3.05, 3.63) is 54.1 Å². The SMILES string of the molecule is CCOCCCN=C(NCCc1ccco1)NCCc1c[nH]c2cccc(OC)c12.I. The van der Waals surface area contributed by atoms with Crippen molar-refractivity contribution in [3.8, 4) is 5.75 Å². The fraction of sp³-hybridized carbons (Fsp3) is 0.435. The zero-order chi connectivity index (χ0) is 21.0. The molecular formula is C23H33IN4O3. The van der Waals surface area contributed by atoms with Crippen LogP contribution in [0.2, 0.25) is 0 Å². The number of guanidine groups is 1. The zero-order valence-corrected chi connectivity index (χ0v) is 20.6. The average molecular weight is 540 g/mol. The Morgan fingerprint density at radius 2 is 1.97 bits per heavy atom. The predicted octanol–water partition coefficient (Wildman–Crippen LogP) is 4.13. The number of hydrogen-bond acceptors (Lipinski definition) is 4. The van der Waals surface area contributed by atoms with Crippen LogP contribution in [0.3, 0.4) is 0 Å². The quantitative estimate of drug-likeness (QED) is 0.139. The maximum Gasteiger partial charge on any atom is 0.191 e. The van der Waals surface area contributed by atoms with Crippen molar-refractivity contribution in [3.63, 3.8) is 0 Å². The molecule has 0 aliphatic heterocycles. The van der Waals surface area contributed by atoms with Crippen molar-refractivity contribution in [2.45, 2.75) is 26.2 Å². The van der Waals surface area contributed by atoms with Gasteiger partial charge in [-0.15, -0.1) is 24.0 Å². The fourth-order valence-corrected chi connectivity index (χ4v) is 3.34. The molecule has 8 heteroatoms. The summed E-state index contributed by atoms with van der Waals surface area (Å²) < 4.78 is 16.3. The molecule has 0 saturated carbocycles. The molecule has 0 atom stereocenters. The number of H-pyrrole nitrogens is 1. The van der Waals surface area contributed by atoms with E-state index < -0.39 is 0 Å². The van der Waals surface area contributed by atoms with Crippen molar-refractivity contribution in [1.29, 1.82) is 0 Å². The van der Waals surface area contributed by atoms with Gasteiger partial charge in [-0.3, -0.25) is 4.99 Å². The second kappa shape index (κ2) is 14.0. The summed E-state index contributed by atoms with van der Waals surface area (Å²) in [6.07, 6.45) is 6.33. The molecular weight excluding hydrogens is 507 g/mol. The van der Waals surface area contributed by atoms with Crippen LogP contribution in [0.4, 0.5) is 0 Å². The molecule has 0 saturated heterocycles. The van der Waals surface area contributed by atoms with Gasteiger partial charge in [0.15, 0.2) is 5.96 Å². The Kier molecular flexibility index (Phi) is 11.3.